The van der Waals surface area contributed by atoms with Gasteiger partial charge in [0.05, 0.1) is 0 Å². The van der Waals surface area contributed by atoms with E-state index in [1.165, 1.54) is 11.1 Å². The quantitative estimate of drug-likeness (QED) is 0.494. The molecule has 0 fully saturated rings. The number of aryl methyl sites for hydroxylation is 2. The summed E-state index contributed by atoms with van der Waals surface area (Å²) < 4.78 is 0. The van der Waals surface area contributed by atoms with E-state index in [1.54, 1.807) is 0 Å². The van der Waals surface area contributed by atoms with Crippen LogP contribution in [-0.2, 0) is 19.2 Å². The molecular weight excluding hydrogens is 244 g/mol. The van der Waals surface area contributed by atoms with Crippen molar-refractivity contribution in [2.24, 2.45) is 0 Å². The second kappa shape index (κ2) is 9.83. The van der Waals surface area contributed by atoms with E-state index in [-0.39, 0.29) is 6.19 Å². The minimum Gasteiger partial charge on any atom is -0.213 e. The van der Waals surface area contributed by atoms with E-state index in [9.17, 15) is 0 Å². The van der Waals surface area contributed by atoms with Crippen LogP contribution >= 0.6 is 0 Å². The zero-order valence-electron chi connectivity index (χ0n) is 10.6. The van der Waals surface area contributed by atoms with Crippen LogP contribution in [0.15, 0.2) is 48.5 Å². The molecule has 2 rings (SSSR count). The normalized spacial score (nSPS) is 8.38. The molecule has 0 aromatic heterocycles. The minimum absolute atomic E-state index is 0.120. The van der Waals surface area contributed by atoms with Crippen LogP contribution in [-0.4, -0.2) is 6.19 Å². The molecule has 0 spiro atoms. The molecule has 0 heterocycles. The van der Waals surface area contributed by atoms with Crippen LogP contribution in [0.2, 0.25) is 13.1 Å². The second-order valence-electron chi connectivity index (χ2n) is 3.92. The largest absolute Gasteiger partial charge is 0.213 e. The van der Waals surface area contributed by atoms with E-state index in [0.717, 1.165) is 0 Å². The van der Waals surface area contributed by atoms with E-state index in [1.807, 2.05) is 24.3 Å². The maximum atomic E-state index is 2.27. The summed E-state index contributed by atoms with van der Waals surface area (Å²) in [4.78, 5) is 0. The summed E-state index contributed by atoms with van der Waals surface area (Å²) in [7, 11) is 0. The Morgan fingerprint density at radius 2 is 0.938 bits per heavy atom. The Kier molecular flexibility index (Phi) is 9.60. The molecule has 0 bridgehead atoms. The molecule has 2 aromatic carbocycles. The van der Waals surface area contributed by atoms with Crippen molar-refractivity contribution in [3.05, 3.63) is 59.7 Å². The standard InChI is InChI=1S/2C6H7.C2H6Si.Ti/c2*1-6-4-2-3-5-6;1-3-2;/h2*2-5H,1H3;1-2H3;/q2*-1;;+2. The van der Waals surface area contributed by atoms with Gasteiger partial charge in [0, 0.05) is 0 Å². The van der Waals surface area contributed by atoms with Crippen LogP contribution in [0.5, 0.6) is 0 Å². The van der Waals surface area contributed by atoms with Gasteiger partial charge in [-0.1, -0.05) is 13.8 Å². The number of rotatable bonds is 0. The third-order valence-corrected chi connectivity index (χ3v) is 1.66. The van der Waals surface area contributed by atoms with Gasteiger partial charge in [0.15, 0.2) is 0 Å². The SMILES string of the molecule is C[Si](C)=[Ti+2].C[c-]1cccc1.C[c-]1cccc1. The van der Waals surface area contributed by atoms with Gasteiger partial charge in [0.25, 0.3) is 0 Å². The molecule has 16 heavy (non-hydrogen) atoms. The summed E-state index contributed by atoms with van der Waals surface area (Å²) >= 11 is 2.27. The fraction of sp³-hybridized carbons (Fsp3) is 0.286. The van der Waals surface area contributed by atoms with Gasteiger partial charge in [-0.05, 0) is 0 Å². The van der Waals surface area contributed by atoms with Gasteiger partial charge in [0.1, 0.15) is 0 Å². The Bertz CT molecular complexity index is 321. The Morgan fingerprint density at radius 3 is 1.00 bits per heavy atom. The summed E-state index contributed by atoms with van der Waals surface area (Å²) in [6, 6.07) is 16.5. The molecule has 0 aliphatic heterocycles. The maximum absolute atomic E-state index is 2.27. The van der Waals surface area contributed by atoms with Crippen molar-refractivity contribution in [1.29, 1.82) is 0 Å². The molecule has 0 unspecified atom stereocenters. The topological polar surface area (TPSA) is 0 Å². The van der Waals surface area contributed by atoms with E-state index in [2.05, 4.69) is 70.4 Å². The smallest absolute Gasteiger partial charge is 0.0860 e. The first-order valence-corrected chi connectivity index (χ1v) is 10.2. The number of hydrogen-bond acceptors (Lipinski definition) is 0. The van der Waals surface area contributed by atoms with Crippen LogP contribution in [0, 0.1) is 13.8 Å². The summed E-state index contributed by atoms with van der Waals surface area (Å²) in [6.45, 7) is 8.70. The number of hydrogen-bond donors (Lipinski definition) is 0. The van der Waals surface area contributed by atoms with Crippen LogP contribution < -0.4 is 0 Å². The molecular formula is C14H20SiTi. The fourth-order valence-corrected chi connectivity index (χ4v) is 0.940. The summed E-state index contributed by atoms with van der Waals surface area (Å²) in [5.41, 5.74) is 2.69. The van der Waals surface area contributed by atoms with E-state index in [4.69, 9.17) is 0 Å². The minimum atomic E-state index is 0.120. The zero-order chi connectivity index (χ0) is 12.4. The predicted octanol–water partition coefficient (Wildman–Crippen LogP) is 4.21. The molecule has 0 saturated heterocycles. The van der Waals surface area contributed by atoms with Crippen molar-refractivity contribution in [3.8, 4) is 0 Å². The summed E-state index contributed by atoms with van der Waals surface area (Å²) in [6.07, 6.45) is 0.120. The second-order valence-corrected chi connectivity index (χ2v) is 10.6. The molecule has 0 atom stereocenters. The van der Waals surface area contributed by atoms with Crippen molar-refractivity contribution in [1.82, 2.24) is 0 Å². The van der Waals surface area contributed by atoms with Crippen molar-refractivity contribution in [2.45, 2.75) is 26.9 Å². The molecule has 0 aliphatic carbocycles. The van der Waals surface area contributed by atoms with Crippen molar-refractivity contribution in [3.63, 3.8) is 0 Å². The van der Waals surface area contributed by atoms with E-state index >= 15 is 0 Å². The van der Waals surface area contributed by atoms with Gasteiger partial charge in [-0.2, -0.15) is 35.4 Å². The van der Waals surface area contributed by atoms with Gasteiger partial charge in [-0.15, -0.1) is 0 Å². The van der Waals surface area contributed by atoms with E-state index in [0.29, 0.717) is 0 Å². The van der Waals surface area contributed by atoms with Crippen molar-refractivity contribution >= 4 is 6.19 Å². The van der Waals surface area contributed by atoms with Crippen LogP contribution in [0.3, 0.4) is 0 Å². The van der Waals surface area contributed by atoms with Crippen molar-refractivity contribution in [2.75, 3.05) is 0 Å². The Labute approximate surface area is 112 Å². The van der Waals surface area contributed by atoms with Crippen LogP contribution in [0.25, 0.3) is 0 Å². The van der Waals surface area contributed by atoms with Gasteiger partial charge < -0.3 is 0 Å². The molecule has 0 N–H and O–H groups in total. The first kappa shape index (κ1) is 15.6. The Morgan fingerprint density at radius 1 is 0.750 bits per heavy atom. The van der Waals surface area contributed by atoms with Gasteiger partial charge in [0.2, 0.25) is 0 Å². The fourth-order valence-electron chi connectivity index (χ4n) is 0.940. The Balaban J connectivity index is 0.000000217. The van der Waals surface area contributed by atoms with Crippen LogP contribution in [0.4, 0.5) is 0 Å². The average molecular weight is 264 g/mol. The van der Waals surface area contributed by atoms with Gasteiger partial charge >= 0.3 is 38.5 Å². The Hall–Kier alpha value is -0.369. The van der Waals surface area contributed by atoms with Gasteiger partial charge in [-0.3, -0.25) is 0 Å². The van der Waals surface area contributed by atoms with Crippen LogP contribution in [0.1, 0.15) is 11.1 Å². The summed E-state index contributed by atoms with van der Waals surface area (Å²) in [5.74, 6) is 0. The molecule has 84 valence electrons. The molecule has 0 radical (unpaired) electrons. The first-order valence-electron chi connectivity index (χ1n) is 5.40. The van der Waals surface area contributed by atoms with E-state index < -0.39 is 0 Å². The molecule has 0 amide bonds. The van der Waals surface area contributed by atoms with Gasteiger partial charge in [-0.25, -0.2) is 24.3 Å². The molecule has 0 saturated carbocycles. The first-order chi connectivity index (χ1) is 7.52. The average Bonchev–Trinajstić information content (AvgIpc) is 2.78. The summed E-state index contributed by atoms with van der Waals surface area (Å²) in [5, 5.41) is 0. The third-order valence-electron chi connectivity index (χ3n) is 1.66. The molecule has 2 heteroatoms. The molecule has 2 aromatic rings. The molecule has 0 aliphatic rings. The maximum Gasteiger partial charge on any atom is -0.0860 e. The molecule has 0 nitrogen and oxygen atoms in total. The monoisotopic (exact) mass is 264 g/mol. The third kappa shape index (κ3) is 11.7. The predicted molar refractivity (Wildman–Crippen MR) is 71.0 cm³/mol. The zero-order valence-corrected chi connectivity index (χ0v) is 13.2. The van der Waals surface area contributed by atoms with Crippen molar-refractivity contribution < 1.29 is 19.2 Å².